The first-order valence-electron chi connectivity index (χ1n) is 15.3. The topological polar surface area (TPSA) is 120 Å². The van der Waals surface area contributed by atoms with Gasteiger partial charge in [0.15, 0.2) is 0 Å². The van der Waals surface area contributed by atoms with Crippen LogP contribution in [0.4, 0.5) is 15.3 Å². The van der Waals surface area contributed by atoms with Crippen LogP contribution < -0.4 is 10.6 Å². The van der Waals surface area contributed by atoms with Gasteiger partial charge in [0.1, 0.15) is 6.10 Å². The second-order valence-electron chi connectivity index (χ2n) is 11.7. The maximum absolute atomic E-state index is 13.7. The van der Waals surface area contributed by atoms with Gasteiger partial charge in [0.25, 0.3) is 0 Å². The summed E-state index contributed by atoms with van der Waals surface area (Å²) in [4.78, 5) is 42.7. The van der Waals surface area contributed by atoms with Crippen LogP contribution >= 0.6 is 0 Å². The van der Waals surface area contributed by atoms with Crippen molar-refractivity contribution in [1.82, 2.24) is 25.3 Å². The lowest BCUT2D eigenvalue weighted by atomic mass is 9.77. The number of amides is 4. The number of rotatable bonds is 6. The first kappa shape index (κ1) is 28.1. The number of aromatic amines is 1. The van der Waals surface area contributed by atoms with Gasteiger partial charge < -0.3 is 25.2 Å². The summed E-state index contributed by atoms with van der Waals surface area (Å²) in [6, 6.07) is 11.8. The molecule has 4 amide bonds. The molecule has 42 heavy (non-hydrogen) atoms. The number of fused-ring (bicyclic) bond motifs is 2. The molecule has 3 aliphatic rings. The van der Waals surface area contributed by atoms with Gasteiger partial charge in [0.05, 0.1) is 17.8 Å². The maximum atomic E-state index is 13.7. The molecule has 1 aromatic heterocycles. The Morgan fingerprint density at radius 1 is 1.10 bits per heavy atom. The molecule has 3 heterocycles. The zero-order valence-electron chi connectivity index (χ0n) is 24.4. The first-order chi connectivity index (χ1) is 20.4. The van der Waals surface area contributed by atoms with Crippen molar-refractivity contribution in [3.63, 3.8) is 0 Å². The van der Waals surface area contributed by atoms with E-state index < -0.39 is 0 Å². The average molecular weight is 573 g/mol. The molecule has 10 heteroatoms. The summed E-state index contributed by atoms with van der Waals surface area (Å²) in [5.74, 6) is -0.238. The number of piperidine rings is 1. The van der Waals surface area contributed by atoms with E-state index in [9.17, 15) is 14.4 Å². The normalized spacial score (nSPS) is 22.9. The van der Waals surface area contributed by atoms with Crippen LogP contribution in [0.25, 0.3) is 10.9 Å². The molecule has 1 saturated heterocycles. The van der Waals surface area contributed by atoms with E-state index in [2.05, 4.69) is 39.9 Å². The number of aryl methyl sites for hydroxylation is 1. The zero-order valence-corrected chi connectivity index (χ0v) is 24.4. The summed E-state index contributed by atoms with van der Waals surface area (Å²) >= 11 is 0. The van der Waals surface area contributed by atoms with E-state index in [-0.39, 0.29) is 42.1 Å². The van der Waals surface area contributed by atoms with Gasteiger partial charge in [-0.1, -0.05) is 38.1 Å². The number of esters is 1. The Balaban J connectivity index is 1.17. The lowest BCUT2D eigenvalue weighted by Gasteiger charge is -2.42. The predicted octanol–water partition coefficient (Wildman–Crippen LogP) is 5.30. The number of hydrogen-bond donors (Lipinski definition) is 3. The minimum Gasteiger partial charge on any atom is -0.460 e. The van der Waals surface area contributed by atoms with Crippen LogP contribution in [-0.2, 0) is 22.5 Å². The average Bonchev–Trinajstić information content (AvgIpc) is 3.50. The fourth-order valence-electron chi connectivity index (χ4n) is 6.89. The number of likely N-dealkylation sites (tertiary alicyclic amines) is 1. The molecule has 3 N–H and O–H groups in total. The van der Waals surface area contributed by atoms with Crippen LogP contribution in [0.2, 0.25) is 0 Å². The molecule has 3 aromatic rings. The van der Waals surface area contributed by atoms with Crippen molar-refractivity contribution in [2.45, 2.75) is 89.4 Å². The third-order valence-corrected chi connectivity index (χ3v) is 9.21. The fourth-order valence-corrected chi connectivity index (χ4v) is 6.89. The molecule has 0 radical (unpaired) electrons. The second-order valence-corrected chi connectivity index (χ2v) is 11.7. The van der Waals surface area contributed by atoms with Crippen molar-refractivity contribution in [3.8, 4) is 0 Å². The second kappa shape index (κ2) is 12.0. The molecule has 3 atom stereocenters. The quantitative estimate of drug-likeness (QED) is 0.346. The molecule has 3 unspecified atom stereocenters. The number of ether oxygens (including phenoxy) is 1. The van der Waals surface area contributed by atoms with Crippen LogP contribution in [0, 0.1) is 0 Å². The highest BCUT2D eigenvalue weighted by Gasteiger charge is 2.40. The number of urea groups is 2. The van der Waals surface area contributed by atoms with Gasteiger partial charge in [-0.15, -0.1) is 0 Å². The van der Waals surface area contributed by atoms with Gasteiger partial charge in [-0.05, 0) is 67.3 Å². The van der Waals surface area contributed by atoms with E-state index >= 15 is 0 Å². The smallest absolute Gasteiger partial charge is 0.322 e. The Morgan fingerprint density at radius 2 is 1.90 bits per heavy atom. The summed E-state index contributed by atoms with van der Waals surface area (Å²) in [6.45, 7) is 5.61. The van der Waals surface area contributed by atoms with Crippen LogP contribution in [0.3, 0.4) is 0 Å². The predicted molar refractivity (Wildman–Crippen MR) is 160 cm³/mol. The molecule has 6 rings (SSSR count). The molecule has 1 saturated carbocycles. The minimum atomic E-state index is -0.389. The monoisotopic (exact) mass is 572 g/mol. The van der Waals surface area contributed by atoms with E-state index in [1.54, 1.807) is 6.92 Å². The van der Waals surface area contributed by atoms with Crippen molar-refractivity contribution < 1.29 is 19.1 Å². The van der Waals surface area contributed by atoms with Gasteiger partial charge in [-0.2, -0.15) is 5.10 Å². The summed E-state index contributed by atoms with van der Waals surface area (Å²) in [6.07, 6.45) is 6.56. The molecule has 1 aliphatic carbocycles. The molecular weight excluding hydrogens is 532 g/mol. The van der Waals surface area contributed by atoms with Crippen LogP contribution in [0.15, 0.2) is 42.6 Å². The molecule has 0 bridgehead atoms. The van der Waals surface area contributed by atoms with Crippen LogP contribution in [0.5, 0.6) is 0 Å². The Bertz CT molecular complexity index is 1460. The molecule has 10 nitrogen and oxygen atoms in total. The molecular formula is C32H40N6O4. The van der Waals surface area contributed by atoms with E-state index in [0.29, 0.717) is 38.9 Å². The third kappa shape index (κ3) is 5.54. The number of benzene rings is 2. The standard InChI is InChI=1S/C32H40N6O4/c1-3-20-16-22(17-23-18-33-36-29(20)23)25-9-7-11-27(42-28(39)4-2)30(25)35-31(40)37-14-12-24(13-15-37)38-19-21-8-5-6-10-26(21)34-32(38)41/h5-6,8,10,16-18,24-25,27,30H,3-4,7,9,11-15,19H2,1-2H3,(H,33,36)(H,34,41)(H,35,40). The first-order valence-corrected chi connectivity index (χ1v) is 15.3. The van der Waals surface area contributed by atoms with E-state index in [4.69, 9.17) is 4.74 Å². The summed E-state index contributed by atoms with van der Waals surface area (Å²) < 4.78 is 5.92. The summed E-state index contributed by atoms with van der Waals surface area (Å²) in [5.41, 5.74) is 5.34. The van der Waals surface area contributed by atoms with Gasteiger partial charge in [-0.25, -0.2) is 9.59 Å². The number of nitrogens with one attached hydrogen (secondary N) is 3. The fraction of sp³-hybridized carbons (Fsp3) is 0.500. The molecule has 2 aliphatic heterocycles. The van der Waals surface area contributed by atoms with E-state index in [1.165, 1.54) is 5.56 Å². The highest BCUT2D eigenvalue weighted by Crippen LogP contribution is 2.37. The maximum Gasteiger partial charge on any atom is 0.322 e. The van der Waals surface area contributed by atoms with Gasteiger partial charge >= 0.3 is 18.0 Å². The SMILES string of the molecule is CCC(=O)OC1CCCC(c2cc(CC)c3[nH]ncc3c2)C1NC(=O)N1CCC(N2Cc3ccccc3NC2=O)CC1. The molecule has 0 spiro atoms. The highest BCUT2D eigenvalue weighted by molar-refractivity contribution is 5.92. The van der Waals surface area contributed by atoms with E-state index in [0.717, 1.165) is 53.4 Å². The number of carbonyl (C=O) groups is 3. The van der Waals surface area contributed by atoms with E-state index in [1.807, 2.05) is 40.3 Å². The molecule has 2 aromatic carbocycles. The number of para-hydroxylation sites is 1. The van der Waals surface area contributed by atoms with Crippen molar-refractivity contribution >= 4 is 34.6 Å². The number of carbonyl (C=O) groups excluding carboxylic acids is 3. The number of anilines is 1. The van der Waals surface area contributed by atoms with Gasteiger partial charge in [-0.3, -0.25) is 9.89 Å². The molecule has 2 fully saturated rings. The van der Waals surface area contributed by atoms with Crippen molar-refractivity contribution in [2.24, 2.45) is 0 Å². The molecule has 222 valence electrons. The zero-order chi connectivity index (χ0) is 29.2. The number of hydrogen-bond acceptors (Lipinski definition) is 5. The van der Waals surface area contributed by atoms with Gasteiger partial charge in [0, 0.05) is 49.1 Å². The van der Waals surface area contributed by atoms with Crippen molar-refractivity contribution in [2.75, 3.05) is 18.4 Å². The number of H-pyrrole nitrogens is 1. The highest BCUT2D eigenvalue weighted by atomic mass is 16.5. The lowest BCUT2D eigenvalue weighted by Crippen LogP contribution is -2.57. The third-order valence-electron chi connectivity index (χ3n) is 9.21. The van der Waals surface area contributed by atoms with Crippen LogP contribution in [-0.4, -0.2) is 69.3 Å². The summed E-state index contributed by atoms with van der Waals surface area (Å²) in [5, 5.41) is 14.7. The van der Waals surface area contributed by atoms with Crippen molar-refractivity contribution in [1.29, 1.82) is 0 Å². The van der Waals surface area contributed by atoms with Crippen molar-refractivity contribution in [3.05, 3.63) is 59.3 Å². The number of nitrogens with zero attached hydrogens (tertiary/aromatic N) is 3. The van der Waals surface area contributed by atoms with Gasteiger partial charge in [0.2, 0.25) is 0 Å². The largest absolute Gasteiger partial charge is 0.460 e. The Hall–Kier alpha value is -4.08. The Morgan fingerprint density at radius 3 is 2.69 bits per heavy atom. The Labute approximate surface area is 246 Å². The van der Waals surface area contributed by atoms with Crippen LogP contribution in [0.1, 0.15) is 75.0 Å². The minimum absolute atomic E-state index is 0.0107. The lowest BCUT2D eigenvalue weighted by molar-refractivity contribution is -0.151. The summed E-state index contributed by atoms with van der Waals surface area (Å²) in [7, 11) is 0. The Kier molecular flexibility index (Phi) is 8.04. The number of aromatic nitrogens is 2.